The van der Waals surface area contributed by atoms with E-state index in [1.165, 1.54) is 10.4 Å². The molecule has 2 aromatic rings. The van der Waals surface area contributed by atoms with Gasteiger partial charge in [-0.1, -0.05) is 23.7 Å². The molecule has 0 aliphatic heterocycles. The van der Waals surface area contributed by atoms with Crippen LogP contribution in [0.3, 0.4) is 0 Å². The van der Waals surface area contributed by atoms with Crippen molar-refractivity contribution in [2.45, 2.75) is 12.6 Å². The summed E-state index contributed by atoms with van der Waals surface area (Å²) in [6, 6.07) is 10.7. The van der Waals surface area contributed by atoms with Crippen LogP contribution >= 0.6 is 38.9 Å². The molecule has 0 spiro atoms. The van der Waals surface area contributed by atoms with Crippen LogP contribution in [0.2, 0.25) is 5.02 Å². The minimum atomic E-state index is 0.408. The van der Waals surface area contributed by atoms with Crippen LogP contribution < -0.4 is 5.32 Å². The lowest BCUT2D eigenvalue weighted by atomic mass is 10.2. The normalized spacial score (nSPS) is 12.8. The first-order valence-electron chi connectivity index (χ1n) is 6.42. The number of hydrogen-bond acceptors (Lipinski definition) is 3. The Morgan fingerprint density at radius 3 is 2.75 bits per heavy atom. The highest BCUT2D eigenvalue weighted by Crippen LogP contribution is 2.24. The fourth-order valence-electron chi connectivity index (χ4n) is 2.02. The summed E-state index contributed by atoms with van der Waals surface area (Å²) in [7, 11) is 4.23. The number of likely N-dealkylation sites (N-methyl/N-ethyl adjacent to an activating group) is 1. The largest absolute Gasteiger partial charge is 0.311 e. The molecule has 1 N–H and O–H groups in total. The second-order valence-electron chi connectivity index (χ2n) is 4.87. The maximum atomic E-state index is 6.00. The van der Waals surface area contributed by atoms with E-state index in [1.54, 1.807) is 11.3 Å². The minimum absolute atomic E-state index is 0.408. The van der Waals surface area contributed by atoms with Crippen LogP contribution in [-0.4, -0.2) is 25.5 Å². The Morgan fingerprint density at radius 1 is 1.35 bits per heavy atom. The molecule has 2 nitrogen and oxygen atoms in total. The molecule has 0 aliphatic carbocycles. The molecule has 0 aliphatic rings. The third kappa shape index (κ3) is 4.30. The summed E-state index contributed by atoms with van der Waals surface area (Å²) in [5.41, 5.74) is 1.23. The summed E-state index contributed by atoms with van der Waals surface area (Å²) in [4.78, 5) is 3.64. The molecule has 0 radical (unpaired) electrons. The van der Waals surface area contributed by atoms with E-state index in [4.69, 9.17) is 11.6 Å². The van der Waals surface area contributed by atoms with E-state index in [1.807, 2.05) is 6.07 Å². The second kappa shape index (κ2) is 7.57. The van der Waals surface area contributed by atoms with Gasteiger partial charge >= 0.3 is 0 Å². The molecule has 1 unspecified atom stereocenters. The van der Waals surface area contributed by atoms with Crippen molar-refractivity contribution in [2.24, 2.45) is 0 Å². The Balaban J connectivity index is 1.92. The molecule has 0 amide bonds. The predicted molar refractivity (Wildman–Crippen MR) is 91.6 cm³/mol. The SMILES string of the molecule is CN(C)C(CNCc1ccc(Cl)c(Br)c1)c1cccs1. The van der Waals surface area contributed by atoms with Gasteiger partial charge < -0.3 is 10.2 Å². The monoisotopic (exact) mass is 372 g/mol. The van der Waals surface area contributed by atoms with Gasteiger partial charge in [0.15, 0.2) is 0 Å². The average Bonchev–Trinajstić information content (AvgIpc) is 2.92. The van der Waals surface area contributed by atoms with Gasteiger partial charge in [0.25, 0.3) is 0 Å². The van der Waals surface area contributed by atoms with Gasteiger partial charge in [-0.25, -0.2) is 0 Å². The minimum Gasteiger partial charge on any atom is -0.311 e. The zero-order valence-corrected chi connectivity index (χ0v) is 14.7. The Bertz CT molecular complexity index is 543. The zero-order chi connectivity index (χ0) is 14.5. The van der Waals surface area contributed by atoms with Crippen LogP contribution in [-0.2, 0) is 6.54 Å². The van der Waals surface area contributed by atoms with E-state index in [9.17, 15) is 0 Å². The maximum absolute atomic E-state index is 6.00. The summed E-state index contributed by atoms with van der Waals surface area (Å²) in [5.74, 6) is 0. The Morgan fingerprint density at radius 2 is 2.15 bits per heavy atom. The third-order valence-corrected chi connectivity index (χ3v) is 5.33. The van der Waals surface area contributed by atoms with Crippen molar-refractivity contribution in [3.05, 3.63) is 55.6 Å². The lowest BCUT2D eigenvalue weighted by molar-refractivity contribution is 0.292. The highest BCUT2D eigenvalue weighted by atomic mass is 79.9. The zero-order valence-electron chi connectivity index (χ0n) is 11.6. The van der Waals surface area contributed by atoms with Gasteiger partial charge in [-0.05, 0) is 59.2 Å². The Hall–Kier alpha value is -0.390. The van der Waals surface area contributed by atoms with Crippen LogP contribution in [0.1, 0.15) is 16.5 Å². The summed E-state index contributed by atoms with van der Waals surface area (Å²) in [5, 5.41) is 6.39. The molecule has 1 aromatic heterocycles. The van der Waals surface area contributed by atoms with Crippen molar-refractivity contribution in [3.63, 3.8) is 0 Å². The standard InChI is InChI=1S/C15H18BrClN2S/c1-19(2)14(15-4-3-7-20-15)10-18-9-11-5-6-13(17)12(16)8-11/h3-8,14,18H,9-10H2,1-2H3. The van der Waals surface area contributed by atoms with Crippen LogP contribution in [0.5, 0.6) is 0 Å². The molecular formula is C15H18BrClN2S. The number of halogens is 2. The Kier molecular flexibility index (Phi) is 6.05. The molecular weight excluding hydrogens is 356 g/mol. The van der Waals surface area contributed by atoms with E-state index in [2.05, 4.69) is 69.9 Å². The number of thiophene rings is 1. The lowest BCUT2D eigenvalue weighted by Gasteiger charge is -2.23. The fourth-order valence-corrected chi connectivity index (χ4v) is 3.49. The van der Waals surface area contributed by atoms with Crippen molar-refractivity contribution >= 4 is 38.9 Å². The van der Waals surface area contributed by atoms with Crippen molar-refractivity contribution in [2.75, 3.05) is 20.6 Å². The quantitative estimate of drug-likeness (QED) is 0.798. The predicted octanol–water partition coefficient (Wildman–Crippen LogP) is 4.56. The number of nitrogens with one attached hydrogen (secondary N) is 1. The van der Waals surface area contributed by atoms with E-state index >= 15 is 0 Å². The Labute approximate surface area is 137 Å². The van der Waals surface area contributed by atoms with Crippen molar-refractivity contribution in [1.82, 2.24) is 10.2 Å². The molecule has 0 saturated carbocycles. The van der Waals surface area contributed by atoms with Gasteiger partial charge in [0, 0.05) is 22.4 Å². The fraction of sp³-hybridized carbons (Fsp3) is 0.333. The van der Waals surface area contributed by atoms with Gasteiger partial charge in [0.1, 0.15) is 0 Å². The van der Waals surface area contributed by atoms with Crippen LogP contribution in [0, 0.1) is 0 Å². The molecule has 2 rings (SSSR count). The van der Waals surface area contributed by atoms with Crippen molar-refractivity contribution in [3.8, 4) is 0 Å². The first-order valence-corrected chi connectivity index (χ1v) is 8.47. The van der Waals surface area contributed by atoms with Gasteiger partial charge in [-0.2, -0.15) is 0 Å². The lowest BCUT2D eigenvalue weighted by Crippen LogP contribution is -2.30. The van der Waals surface area contributed by atoms with E-state index < -0.39 is 0 Å². The van der Waals surface area contributed by atoms with E-state index in [0.29, 0.717) is 6.04 Å². The smallest absolute Gasteiger partial charge is 0.0561 e. The van der Waals surface area contributed by atoms with Crippen LogP contribution in [0.15, 0.2) is 40.2 Å². The summed E-state index contributed by atoms with van der Waals surface area (Å²) < 4.78 is 0.945. The van der Waals surface area contributed by atoms with E-state index in [-0.39, 0.29) is 0 Å². The first kappa shape index (κ1) is 16.0. The topological polar surface area (TPSA) is 15.3 Å². The van der Waals surface area contributed by atoms with Gasteiger partial charge in [0.2, 0.25) is 0 Å². The van der Waals surface area contributed by atoms with E-state index in [0.717, 1.165) is 22.6 Å². The number of benzene rings is 1. The van der Waals surface area contributed by atoms with Crippen LogP contribution in [0.4, 0.5) is 0 Å². The molecule has 108 valence electrons. The molecule has 1 aromatic carbocycles. The van der Waals surface area contributed by atoms with Gasteiger partial charge in [-0.3, -0.25) is 0 Å². The number of nitrogens with zero attached hydrogens (tertiary/aromatic N) is 1. The maximum Gasteiger partial charge on any atom is 0.0561 e. The molecule has 1 atom stereocenters. The molecule has 0 saturated heterocycles. The summed E-state index contributed by atoms with van der Waals surface area (Å²) in [6.07, 6.45) is 0. The number of rotatable bonds is 6. The average molecular weight is 374 g/mol. The molecule has 0 fully saturated rings. The first-order chi connectivity index (χ1) is 9.58. The third-order valence-electron chi connectivity index (χ3n) is 3.15. The molecule has 5 heteroatoms. The van der Waals surface area contributed by atoms with Gasteiger partial charge in [0.05, 0.1) is 11.1 Å². The van der Waals surface area contributed by atoms with Crippen molar-refractivity contribution in [1.29, 1.82) is 0 Å². The second-order valence-corrected chi connectivity index (χ2v) is 7.12. The highest BCUT2D eigenvalue weighted by Gasteiger charge is 2.14. The summed E-state index contributed by atoms with van der Waals surface area (Å²) >= 11 is 11.3. The molecule has 0 bridgehead atoms. The number of hydrogen-bond donors (Lipinski definition) is 1. The highest BCUT2D eigenvalue weighted by molar-refractivity contribution is 9.10. The van der Waals surface area contributed by atoms with Crippen molar-refractivity contribution < 1.29 is 0 Å². The summed E-state index contributed by atoms with van der Waals surface area (Å²) in [6.45, 7) is 1.76. The van der Waals surface area contributed by atoms with Gasteiger partial charge in [-0.15, -0.1) is 11.3 Å². The molecule has 1 heterocycles. The molecule has 20 heavy (non-hydrogen) atoms. The van der Waals surface area contributed by atoms with Crippen LogP contribution in [0.25, 0.3) is 0 Å².